The van der Waals surface area contributed by atoms with Crippen LogP contribution < -0.4 is 5.32 Å². The summed E-state index contributed by atoms with van der Waals surface area (Å²) in [5.74, 6) is -0.0814. The number of nitrogens with zero attached hydrogens (tertiary/aromatic N) is 1. The number of benzene rings is 2. The molecule has 4 nitrogen and oxygen atoms in total. The second kappa shape index (κ2) is 8.48. The number of hydrogen-bond acceptors (Lipinski definition) is 3. The Bertz CT molecular complexity index is 695. The van der Waals surface area contributed by atoms with Crippen molar-refractivity contribution in [2.24, 2.45) is 0 Å². The quantitative estimate of drug-likeness (QED) is 0.890. The van der Waals surface area contributed by atoms with Crippen molar-refractivity contribution in [3.8, 4) is 0 Å². The number of carbonyl (C=O) groups excluding carboxylic acids is 1. The van der Waals surface area contributed by atoms with E-state index in [1.165, 1.54) is 11.1 Å². The van der Waals surface area contributed by atoms with Gasteiger partial charge in [0.1, 0.15) is 0 Å². The first kappa shape index (κ1) is 17.9. The molecule has 25 heavy (non-hydrogen) atoms. The highest BCUT2D eigenvalue weighted by Crippen LogP contribution is 2.22. The molecule has 0 saturated carbocycles. The van der Waals surface area contributed by atoms with Crippen molar-refractivity contribution in [2.45, 2.75) is 13.0 Å². The fraction of sp³-hybridized carbons (Fsp3) is 0.350. The first-order valence-corrected chi connectivity index (χ1v) is 8.93. The zero-order valence-electron chi connectivity index (χ0n) is 14.4. The van der Waals surface area contributed by atoms with Crippen LogP contribution in [0.25, 0.3) is 0 Å². The molecule has 0 aromatic heterocycles. The normalized spacial score (nSPS) is 16.4. The van der Waals surface area contributed by atoms with Gasteiger partial charge in [-0.05, 0) is 36.8 Å². The van der Waals surface area contributed by atoms with E-state index in [0.29, 0.717) is 17.1 Å². The van der Waals surface area contributed by atoms with Gasteiger partial charge in [-0.15, -0.1) is 0 Å². The van der Waals surface area contributed by atoms with E-state index in [9.17, 15) is 4.79 Å². The smallest absolute Gasteiger partial charge is 0.251 e. The molecule has 0 unspecified atom stereocenters. The van der Waals surface area contributed by atoms with Gasteiger partial charge in [-0.2, -0.15) is 0 Å². The Morgan fingerprint density at radius 2 is 1.76 bits per heavy atom. The molecule has 0 aliphatic carbocycles. The highest BCUT2D eigenvalue weighted by molar-refractivity contribution is 6.30. The number of nitrogens with one attached hydrogen (secondary N) is 1. The first-order chi connectivity index (χ1) is 12.1. The van der Waals surface area contributed by atoms with Crippen LogP contribution in [0.4, 0.5) is 0 Å². The summed E-state index contributed by atoms with van der Waals surface area (Å²) < 4.78 is 5.47. The van der Waals surface area contributed by atoms with Gasteiger partial charge in [0, 0.05) is 30.2 Å². The minimum Gasteiger partial charge on any atom is -0.379 e. The molecule has 1 aliphatic rings. The van der Waals surface area contributed by atoms with Gasteiger partial charge in [0.05, 0.1) is 19.3 Å². The van der Waals surface area contributed by atoms with Crippen molar-refractivity contribution in [1.82, 2.24) is 10.2 Å². The van der Waals surface area contributed by atoms with Crippen LogP contribution in [0.5, 0.6) is 0 Å². The Morgan fingerprint density at radius 1 is 1.12 bits per heavy atom. The highest BCUT2D eigenvalue weighted by Gasteiger charge is 2.23. The van der Waals surface area contributed by atoms with Crippen LogP contribution in [0.15, 0.2) is 48.5 Å². The molecule has 5 heteroatoms. The van der Waals surface area contributed by atoms with E-state index in [4.69, 9.17) is 16.3 Å². The Labute approximate surface area is 153 Å². The molecule has 2 aromatic rings. The summed E-state index contributed by atoms with van der Waals surface area (Å²) in [4.78, 5) is 14.8. The number of hydrogen-bond donors (Lipinski definition) is 1. The Morgan fingerprint density at radius 3 is 2.40 bits per heavy atom. The molecule has 1 aliphatic heterocycles. The molecule has 0 spiro atoms. The third-order valence-corrected chi connectivity index (χ3v) is 4.76. The number of rotatable bonds is 5. The van der Waals surface area contributed by atoms with Crippen LogP contribution in [0.3, 0.4) is 0 Å². The molecule has 1 atom stereocenters. The van der Waals surface area contributed by atoms with Gasteiger partial charge in [-0.1, -0.05) is 41.4 Å². The van der Waals surface area contributed by atoms with Crippen molar-refractivity contribution >= 4 is 17.5 Å². The average molecular weight is 359 g/mol. The maximum Gasteiger partial charge on any atom is 0.251 e. The first-order valence-electron chi connectivity index (χ1n) is 8.55. The number of aryl methyl sites for hydroxylation is 1. The predicted octanol–water partition coefficient (Wildman–Crippen LogP) is 3.45. The fourth-order valence-electron chi connectivity index (χ4n) is 3.03. The largest absolute Gasteiger partial charge is 0.379 e. The molecule has 1 fully saturated rings. The Hall–Kier alpha value is -1.88. The third-order valence-electron chi connectivity index (χ3n) is 4.51. The van der Waals surface area contributed by atoms with Crippen LogP contribution in [-0.2, 0) is 4.74 Å². The van der Waals surface area contributed by atoms with Crippen LogP contribution >= 0.6 is 11.6 Å². The summed E-state index contributed by atoms with van der Waals surface area (Å²) in [5.41, 5.74) is 3.06. The van der Waals surface area contributed by atoms with E-state index >= 15 is 0 Å². The molecule has 3 rings (SSSR count). The van der Waals surface area contributed by atoms with Crippen molar-refractivity contribution in [3.05, 3.63) is 70.2 Å². The molecule has 1 N–H and O–H groups in total. The van der Waals surface area contributed by atoms with E-state index in [0.717, 1.165) is 26.3 Å². The summed E-state index contributed by atoms with van der Waals surface area (Å²) >= 11 is 5.89. The van der Waals surface area contributed by atoms with Gasteiger partial charge in [-0.25, -0.2) is 0 Å². The Kier molecular flexibility index (Phi) is 6.08. The maximum atomic E-state index is 12.4. The van der Waals surface area contributed by atoms with Crippen molar-refractivity contribution in [2.75, 3.05) is 32.8 Å². The maximum absolute atomic E-state index is 12.4. The van der Waals surface area contributed by atoms with E-state index in [2.05, 4.69) is 41.4 Å². The van der Waals surface area contributed by atoms with Crippen molar-refractivity contribution < 1.29 is 9.53 Å². The second-order valence-corrected chi connectivity index (χ2v) is 6.73. The standard InChI is InChI=1S/C20H23ClN2O2/c1-15-2-4-16(5-3-15)19(23-10-12-25-13-11-23)14-22-20(24)17-6-8-18(21)9-7-17/h2-9,19H,10-14H2,1H3,(H,22,24)/t19-/m1/s1. The fourth-order valence-corrected chi connectivity index (χ4v) is 3.15. The second-order valence-electron chi connectivity index (χ2n) is 6.29. The monoisotopic (exact) mass is 358 g/mol. The van der Waals surface area contributed by atoms with E-state index in [1.54, 1.807) is 24.3 Å². The van der Waals surface area contributed by atoms with Crippen molar-refractivity contribution in [1.29, 1.82) is 0 Å². The van der Waals surface area contributed by atoms with Gasteiger partial charge < -0.3 is 10.1 Å². The zero-order chi connectivity index (χ0) is 17.6. The topological polar surface area (TPSA) is 41.6 Å². The van der Waals surface area contributed by atoms with Crippen LogP contribution in [-0.4, -0.2) is 43.7 Å². The Balaban J connectivity index is 1.71. The van der Waals surface area contributed by atoms with Gasteiger partial charge >= 0.3 is 0 Å². The summed E-state index contributed by atoms with van der Waals surface area (Å²) in [7, 11) is 0. The van der Waals surface area contributed by atoms with Gasteiger partial charge in [0.2, 0.25) is 0 Å². The minimum absolute atomic E-state index is 0.0814. The van der Waals surface area contributed by atoms with Crippen molar-refractivity contribution in [3.63, 3.8) is 0 Å². The molecule has 0 radical (unpaired) electrons. The molecular weight excluding hydrogens is 336 g/mol. The lowest BCUT2D eigenvalue weighted by atomic mass is 10.0. The number of carbonyl (C=O) groups is 1. The van der Waals surface area contributed by atoms with Gasteiger partial charge in [-0.3, -0.25) is 9.69 Å². The molecule has 1 amide bonds. The zero-order valence-corrected chi connectivity index (χ0v) is 15.1. The summed E-state index contributed by atoms with van der Waals surface area (Å²) in [6.45, 7) is 5.84. The third kappa shape index (κ3) is 4.82. The number of amides is 1. The molecule has 132 valence electrons. The molecular formula is C20H23ClN2O2. The lowest BCUT2D eigenvalue weighted by Crippen LogP contribution is -2.43. The van der Waals surface area contributed by atoms with E-state index < -0.39 is 0 Å². The SMILES string of the molecule is Cc1ccc([C@@H](CNC(=O)c2ccc(Cl)cc2)N2CCOCC2)cc1. The lowest BCUT2D eigenvalue weighted by Gasteiger charge is -2.35. The van der Waals surface area contributed by atoms with Crippen LogP contribution in [0, 0.1) is 6.92 Å². The molecule has 1 heterocycles. The summed E-state index contributed by atoms with van der Waals surface area (Å²) in [5, 5.41) is 3.69. The average Bonchev–Trinajstić information content (AvgIpc) is 2.64. The molecule has 2 aromatic carbocycles. The lowest BCUT2D eigenvalue weighted by molar-refractivity contribution is 0.0162. The summed E-state index contributed by atoms with van der Waals surface area (Å²) in [6.07, 6.45) is 0. The predicted molar refractivity (Wildman–Crippen MR) is 100 cm³/mol. The van der Waals surface area contributed by atoms with Crippen LogP contribution in [0.1, 0.15) is 27.5 Å². The number of ether oxygens (including phenoxy) is 1. The number of morpholine rings is 1. The molecule has 0 bridgehead atoms. The van der Waals surface area contributed by atoms with E-state index in [1.807, 2.05) is 0 Å². The van der Waals surface area contributed by atoms with Gasteiger partial charge in [0.25, 0.3) is 5.91 Å². The number of halogens is 1. The van der Waals surface area contributed by atoms with Crippen LogP contribution in [0.2, 0.25) is 5.02 Å². The van der Waals surface area contributed by atoms with E-state index in [-0.39, 0.29) is 11.9 Å². The highest BCUT2D eigenvalue weighted by atomic mass is 35.5. The minimum atomic E-state index is -0.0814. The summed E-state index contributed by atoms with van der Waals surface area (Å²) in [6, 6.07) is 15.6. The van der Waals surface area contributed by atoms with Gasteiger partial charge in [0.15, 0.2) is 0 Å². The molecule has 1 saturated heterocycles.